The van der Waals surface area contributed by atoms with Crippen molar-refractivity contribution >= 4 is 37.3 Å². The number of hydrogen-bond donors (Lipinski definition) is 1. The third-order valence-corrected chi connectivity index (χ3v) is 7.73. The fraction of sp³-hybridized carbons (Fsp3) is 0.667. The SMILES string of the molecule is CCC1CCCCC1NS(=O)(=O)c1sccc1Br. The molecule has 3 nitrogen and oxygen atoms in total. The lowest BCUT2D eigenvalue weighted by Crippen LogP contribution is -2.41. The van der Waals surface area contributed by atoms with Gasteiger partial charge in [-0.15, -0.1) is 11.3 Å². The van der Waals surface area contributed by atoms with Gasteiger partial charge in [-0.25, -0.2) is 13.1 Å². The van der Waals surface area contributed by atoms with Gasteiger partial charge in [-0.3, -0.25) is 0 Å². The Labute approximate surface area is 121 Å². The van der Waals surface area contributed by atoms with Crippen molar-refractivity contribution in [1.82, 2.24) is 4.72 Å². The van der Waals surface area contributed by atoms with Crippen LogP contribution in [0.3, 0.4) is 0 Å². The van der Waals surface area contributed by atoms with E-state index in [1.165, 1.54) is 17.8 Å². The minimum Gasteiger partial charge on any atom is -0.207 e. The Bertz CT molecular complexity index is 498. The summed E-state index contributed by atoms with van der Waals surface area (Å²) in [6, 6.07) is 1.87. The fourth-order valence-corrected chi connectivity index (χ4v) is 6.27. The van der Waals surface area contributed by atoms with E-state index in [1.807, 2.05) is 0 Å². The number of rotatable bonds is 4. The number of thiophene rings is 1. The second kappa shape index (κ2) is 6.03. The number of nitrogens with one attached hydrogen (secondary N) is 1. The van der Waals surface area contributed by atoms with Gasteiger partial charge in [0.1, 0.15) is 4.21 Å². The molecule has 1 saturated carbocycles. The van der Waals surface area contributed by atoms with Crippen molar-refractivity contribution in [2.75, 3.05) is 0 Å². The predicted octanol–water partition coefficient (Wildman–Crippen LogP) is 3.76. The standard InChI is InChI=1S/C12H18BrNO2S2/c1-2-9-5-3-4-6-11(9)14-18(15,16)12-10(13)7-8-17-12/h7-9,11,14H,2-6H2,1H3. The molecular weight excluding hydrogens is 334 g/mol. The second-order valence-electron chi connectivity index (χ2n) is 4.74. The summed E-state index contributed by atoms with van der Waals surface area (Å²) in [6.07, 6.45) is 5.48. The van der Waals surface area contributed by atoms with Crippen LogP contribution in [0.25, 0.3) is 0 Å². The van der Waals surface area contributed by atoms with E-state index in [9.17, 15) is 8.42 Å². The highest BCUT2D eigenvalue weighted by Crippen LogP contribution is 2.31. The van der Waals surface area contributed by atoms with Gasteiger partial charge in [0.05, 0.1) is 0 Å². The van der Waals surface area contributed by atoms with E-state index in [4.69, 9.17) is 0 Å². The summed E-state index contributed by atoms with van der Waals surface area (Å²) in [5.41, 5.74) is 0. The summed E-state index contributed by atoms with van der Waals surface area (Å²) >= 11 is 4.55. The summed E-state index contributed by atoms with van der Waals surface area (Å²) < 4.78 is 28.6. The van der Waals surface area contributed by atoms with Crippen molar-refractivity contribution in [2.24, 2.45) is 5.92 Å². The summed E-state index contributed by atoms with van der Waals surface area (Å²) in [5, 5.41) is 1.79. The Morgan fingerprint density at radius 2 is 2.17 bits per heavy atom. The van der Waals surface area contributed by atoms with Gasteiger partial charge < -0.3 is 0 Å². The third kappa shape index (κ3) is 3.15. The zero-order valence-electron chi connectivity index (χ0n) is 10.4. The molecule has 2 rings (SSSR count). The number of sulfonamides is 1. The first kappa shape index (κ1) is 14.5. The summed E-state index contributed by atoms with van der Waals surface area (Å²) in [6.45, 7) is 2.14. The number of hydrogen-bond acceptors (Lipinski definition) is 3. The molecule has 0 bridgehead atoms. The van der Waals surface area contributed by atoms with E-state index >= 15 is 0 Å². The molecule has 0 radical (unpaired) electrons. The zero-order chi connectivity index (χ0) is 13.2. The minimum absolute atomic E-state index is 0.0998. The monoisotopic (exact) mass is 351 g/mol. The van der Waals surface area contributed by atoms with Crippen molar-refractivity contribution in [1.29, 1.82) is 0 Å². The van der Waals surface area contributed by atoms with Gasteiger partial charge in [0, 0.05) is 10.5 Å². The maximum atomic E-state index is 12.3. The minimum atomic E-state index is -3.37. The van der Waals surface area contributed by atoms with E-state index in [1.54, 1.807) is 11.4 Å². The Morgan fingerprint density at radius 1 is 1.44 bits per heavy atom. The van der Waals surface area contributed by atoms with Gasteiger partial charge in [-0.05, 0) is 46.1 Å². The molecule has 18 heavy (non-hydrogen) atoms. The van der Waals surface area contributed by atoms with Crippen LogP contribution < -0.4 is 4.72 Å². The molecular formula is C12H18BrNO2S2. The molecule has 0 spiro atoms. The van der Waals surface area contributed by atoms with Gasteiger partial charge in [0.2, 0.25) is 0 Å². The first-order chi connectivity index (χ1) is 8.54. The van der Waals surface area contributed by atoms with Gasteiger partial charge in [-0.1, -0.05) is 26.2 Å². The highest BCUT2D eigenvalue weighted by atomic mass is 79.9. The lowest BCUT2D eigenvalue weighted by atomic mass is 9.83. The summed E-state index contributed by atoms with van der Waals surface area (Å²) in [4.78, 5) is 0. The van der Waals surface area contributed by atoms with Crippen LogP contribution in [0.5, 0.6) is 0 Å². The molecule has 1 fully saturated rings. The Hall–Kier alpha value is 0.0900. The van der Waals surface area contributed by atoms with Gasteiger partial charge in [0.25, 0.3) is 10.0 Å². The number of halogens is 1. The van der Waals surface area contributed by atoms with Crippen molar-refractivity contribution in [2.45, 2.75) is 49.3 Å². The van der Waals surface area contributed by atoms with Crippen molar-refractivity contribution in [3.8, 4) is 0 Å². The molecule has 0 amide bonds. The van der Waals surface area contributed by atoms with Crippen LogP contribution in [-0.4, -0.2) is 14.5 Å². The van der Waals surface area contributed by atoms with Gasteiger partial charge in [-0.2, -0.15) is 0 Å². The normalized spacial score (nSPS) is 25.2. The summed E-state index contributed by atoms with van der Waals surface area (Å²) in [7, 11) is -3.37. The van der Waals surface area contributed by atoms with Crippen LogP contribution in [0, 0.1) is 5.92 Å². The molecule has 0 aromatic carbocycles. The highest BCUT2D eigenvalue weighted by Gasteiger charge is 2.29. The molecule has 102 valence electrons. The van der Waals surface area contributed by atoms with Crippen LogP contribution in [0.2, 0.25) is 0 Å². The Kier molecular flexibility index (Phi) is 4.86. The first-order valence-corrected chi connectivity index (χ1v) is 9.45. The van der Waals surface area contributed by atoms with Crippen LogP contribution in [0.1, 0.15) is 39.0 Å². The predicted molar refractivity (Wildman–Crippen MR) is 78.4 cm³/mol. The molecule has 0 aliphatic heterocycles. The fourth-order valence-electron chi connectivity index (χ4n) is 2.58. The van der Waals surface area contributed by atoms with Crippen molar-refractivity contribution in [3.05, 3.63) is 15.9 Å². The van der Waals surface area contributed by atoms with Crippen molar-refractivity contribution < 1.29 is 8.42 Å². The molecule has 1 aromatic rings. The lowest BCUT2D eigenvalue weighted by molar-refractivity contribution is 0.282. The van der Waals surface area contributed by atoms with Crippen molar-refractivity contribution in [3.63, 3.8) is 0 Å². The molecule has 1 aliphatic rings. The van der Waals surface area contributed by atoms with Gasteiger partial charge in [0.15, 0.2) is 0 Å². The van der Waals surface area contributed by atoms with E-state index < -0.39 is 10.0 Å². The third-order valence-electron chi connectivity index (χ3n) is 3.57. The second-order valence-corrected chi connectivity index (χ2v) is 8.42. The Balaban J connectivity index is 2.15. The molecule has 1 heterocycles. The highest BCUT2D eigenvalue weighted by molar-refractivity contribution is 9.10. The molecule has 2 atom stereocenters. The largest absolute Gasteiger partial charge is 0.251 e. The van der Waals surface area contributed by atoms with Gasteiger partial charge >= 0.3 is 0 Å². The first-order valence-electron chi connectivity index (χ1n) is 6.30. The zero-order valence-corrected chi connectivity index (χ0v) is 13.6. The smallest absolute Gasteiger partial charge is 0.207 e. The molecule has 2 unspecified atom stereocenters. The van der Waals surface area contributed by atoms with Crippen LogP contribution >= 0.6 is 27.3 Å². The molecule has 6 heteroatoms. The quantitative estimate of drug-likeness (QED) is 0.897. The molecule has 1 aromatic heterocycles. The molecule has 1 N–H and O–H groups in total. The maximum absolute atomic E-state index is 12.3. The van der Waals surface area contributed by atoms with Crippen LogP contribution in [0.15, 0.2) is 20.1 Å². The topological polar surface area (TPSA) is 46.2 Å². The van der Waals surface area contributed by atoms with E-state index in [0.29, 0.717) is 14.6 Å². The summed E-state index contributed by atoms with van der Waals surface area (Å²) in [5.74, 6) is 0.479. The average Bonchev–Trinajstić information content (AvgIpc) is 2.76. The van der Waals surface area contributed by atoms with Crippen LogP contribution in [-0.2, 0) is 10.0 Å². The Morgan fingerprint density at radius 3 is 2.78 bits per heavy atom. The lowest BCUT2D eigenvalue weighted by Gasteiger charge is -2.31. The average molecular weight is 352 g/mol. The maximum Gasteiger partial charge on any atom is 0.251 e. The van der Waals surface area contributed by atoms with Crippen LogP contribution in [0.4, 0.5) is 0 Å². The van der Waals surface area contributed by atoms with E-state index in [0.717, 1.165) is 25.7 Å². The molecule has 1 aliphatic carbocycles. The molecule has 0 saturated heterocycles. The van der Waals surface area contributed by atoms with E-state index in [-0.39, 0.29) is 6.04 Å². The van der Waals surface area contributed by atoms with E-state index in [2.05, 4.69) is 27.6 Å².